The first kappa shape index (κ1) is 16.3. The van der Waals surface area contributed by atoms with E-state index in [9.17, 15) is 9.59 Å². The maximum absolute atomic E-state index is 12.0. The third kappa shape index (κ3) is 4.20. The van der Waals surface area contributed by atoms with Crippen LogP contribution in [0.1, 0.15) is 32.3 Å². The minimum absolute atomic E-state index is 0.00694. The van der Waals surface area contributed by atoms with E-state index >= 15 is 0 Å². The van der Waals surface area contributed by atoms with Crippen LogP contribution in [0.15, 0.2) is 30.3 Å². The van der Waals surface area contributed by atoms with Gasteiger partial charge in [-0.2, -0.15) is 0 Å². The molecule has 2 rings (SSSR count). The zero-order valence-corrected chi connectivity index (χ0v) is 13.6. The molecule has 0 saturated carbocycles. The lowest BCUT2D eigenvalue weighted by Gasteiger charge is -2.17. The number of carbonyl (C=O) groups is 2. The van der Waals surface area contributed by atoms with Crippen LogP contribution in [0.25, 0.3) is 6.08 Å². The maximum atomic E-state index is 12.0. The van der Waals surface area contributed by atoms with E-state index in [2.05, 4.69) is 13.8 Å². The monoisotopic (exact) mass is 300 g/mol. The Morgan fingerprint density at radius 2 is 2.00 bits per heavy atom. The SMILES string of the molecule is CC(C)CN(C)C(=O)/C=C/c1ccc(N2CCCC2=O)cc1. The van der Waals surface area contributed by atoms with Crippen molar-refractivity contribution in [2.45, 2.75) is 26.7 Å². The molecule has 1 fully saturated rings. The van der Waals surface area contributed by atoms with Gasteiger partial charge in [-0.25, -0.2) is 0 Å². The lowest BCUT2D eigenvalue weighted by molar-refractivity contribution is -0.125. The molecule has 1 aromatic carbocycles. The molecule has 0 aromatic heterocycles. The van der Waals surface area contributed by atoms with Gasteiger partial charge in [-0.05, 0) is 36.1 Å². The number of amides is 2. The molecule has 0 aliphatic carbocycles. The first-order valence-corrected chi connectivity index (χ1v) is 7.81. The van der Waals surface area contributed by atoms with Crippen LogP contribution in [0.2, 0.25) is 0 Å². The Labute approximate surface area is 132 Å². The fourth-order valence-electron chi connectivity index (χ4n) is 2.62. The summed E-state index contributed by atoms with van der Waals surface area (Å²) < 4.78 is 0. The van der Waals surface area contributed by atoms with Gasteiger partial charge >= 0.3 is 0 Å². The minimum Gasteiger partial charge on any atom is -0.342 e. The minimum atomic E-state index is 0.00694. The Bertz CT molecular complexity index is 561. The number of benzene rings is 1. The van der Waals surface area contributed by atoms with Gasteiger partial charge in [0, 0.05) is 38.3 Å². The maximum Gasteiger partial charge on any atom is 0.246 e. The van der Waals surface area contributed by atoms with Crippen molar-refractivity contribution in [1.82, 2.24) is 4.90 Å². The topological polar surface area (TPSA) is 40.6 Å². The van der Waals surface area contributed by atoms with Crippen molar-refractivity contribution in [3.8, 4) is 0 Å². The predicted octanol–water partition coefficient (Wildman–Crippen LogP) is 2.94. The van der Waals surface area contributed by atoms with E-state index in [0.29, 0.717) is 12.3 Å². The van der Waals surface area contributed by atoms with Crippen molar-refractivity contribution < 1.29 is 9.59 Å². The van der Waals surface area contributed by atoms with Crippen molar-refractivity contribution in [3.63, 3.8) is 0 Å². The second-order valence-corrected chi connectivity index (χ2v) is 6.19. The highest BCUT2D eigenvalue weighted by Gasteiger charge is 2.21. The molecule has 1 heterocycles. The summed E-state index contributed by atoms with van der Waals surface area (Å²) in [5.74, 6) is 0.654. The summed E-state index contributed by atoms with van der Waals surface area (Å²) in [5.41, 5.74) is 1.89. The largest absolute Gasteiger partial charge is 0.342 e. The molecule has 2 amide bonds. The van der Waals surface area contributed by atoms with E-state index in [1.165, 1.54) is 0 Å². The van der Waals surface area contributed by atoms with Crippen LogP contribution < -0.4 is 4.90 Å². The fourth-order valence-corrected chi connectivity index (χ4v) is 2.62. The lowest BCUT2D eigenvalue weighted by Crippen LogP contribution is -2.28. The van der Waals surface area contributed by atoms with Gasteiger partial charge in [-0.3, -0.25) is 9.59 Å². The average Bonchev–Trinajstić information content (AvgIpc) is 2.90. The van der Waals surface area contributed by atoms with E-state index < -0.39 is 0 Å². The Kier molecular flexibility index (Phi) is 5.36. The average molecular weight is 300 g/mol. The Morgan fingerprint density at radius 1 is 1.32 bits per heavy atom. The first-order chi connectivity index (χ1) is 10.5. The third-order valence-corrected chi connectivity index (χ3v) is 3.71. The van der Waals surface area contributed by atoms with Gasteiger partial charge in [0.25, 0.3) is 0 Å². The smallest absolute Gasteiger partial charge is 0.246 e. The summed E-state index contributed by atoms with van der Waals surface area (Å²) in [7, 11) is 1.81. The van der Waals surface area contributed by atoms with E-state index in [1.807, 2.05) is 42.3 Å². The summed E-state index contributed by atoms with van der Waals surface area (Å²) in [6.45, 7) is 5.73. The van der Waals surface area contributed by atoms with Crippen LogP contribution in [-0.2, 0) is 9.59 Å². The molecule has 118 valence electrons. The molecule has 4 heteroatoms. The number of hydrogen-bond donors (Lipinski definition) is 0. The quantitative estimate of drug-likeness (QED) is 0.784. The lowest BCUT2D eigenvalue weighted by atomic mass is 10.1. The number of nitrogens with zero attached hydrogens (tertiary/aromatic N) is 2. The molecule has 0 bridgehead atoms. The molecule has 1 saturated heterocycles. The fraction of sp³-hybridized carbons (Fsp3) is 0.444. The van der Waals surface area contributed by atoms with Crippen molar-refractivity contribution in [2.24, 2.45) is 5.92 Å². The van der Waals surface area contributed by atoms with Gasteiger partial charge in [0.1, 0.15) is 0 Å². The van der Waals surface area contributed by atoms with Crippen LogP contribution in [0.3, 0.4) is 0 Å². The normalized spacial score (nSPS) is 15.1. The zero-order valence-electron chi connectivity index (χ0n) is 13.6. The van der Waals surface area contributed by atoms with Gasteiger partial charge in [0.2, 0.25) is 11.8 Å². The third-order valence-electron chi connectivity index (χ3n) is 3.71. The Balaban J connectivity index is 1.97. The van der Waals surface area contributed by atoms with Crippen LogP contribution in [0, 0.1) is 5.92 Å². The van der Waals surface area contributed by atoms with Crippen molar-refractivity contribution in [1.29, 1.82) is 0 Å². The number of likely N-dealkylation sites (N-methyl/N-ethyl adjacent to an activating group) is 1. The van der Waals surface area contributed by atoms with E-state index in [1.54, 1.807) is 11.0 Å². The summed E-state index contributed by atoms with van der Waals surface area (Å²) in [4.78, 5) is 27.2. The number of rotatable bonds is 5. The molecule has 0 spiro atoms. The van der Waals surface area contributed by atoms with Crippen molar-refractivity contribution >= 4 is 23.6 Å². The second kappa shape index (κ2) is 7.25. The summed E-state index contributed by atoms with van der Waals surface area (Å²) >= 11 is 0. The van der Waals surface area contributed by atoms with E-state index in [4.69, 9.17) is 0 Å². The first-order valence-electron chi connectivity index (χ1n) is 7.81. The zero-order chi connectivity index (χ0) is 16.1. The highest BCUT2D eigenvalue weighted by molar-refractivity contribution is 5.95. The van der Waals surface area contributed by atoms with Crippen LogP contribution in [0.5, 0.6) is 0 Å². The molecule has 0 radical (unpaired) electrons. The van der Waals surface area contributed by atoms with Gasteiger partial charge in [0.15, 0.2) is 0 Å². The van der Waals surface area contributed by atoms with Crippen molar-refractivity contribution in [3.05, 3.63) is 35.9 Å². The molecule has 0 unspecified atom stereocenters. The molecule has 0 N–H and O–H groups in total. The van der Waals surface area contributed by atoms with Gasteiger partial charge in [0.05, 0.1) is 0 Å². The Hall–Kier alpha value is -2.10. The molecule has 4 nitrogen and oxygen atoms in total. The second-order valence-electron chi connectivity index (χ2n) is 6.19. The highest BCUT2D eigenvalue weighted by atomic mass is 16.2. The molecule has 22 heavy (non-hydrogen) atoms. The molecule has 1 aromatic rings. The van der Waals surface area contributed by atoms with Crippen molar-refractivity contribution in [2.75, 3.05) is 25.0 Å². The highest BCUT2D eigenvalue weighted by Crippen LogP contribution is 2.21. The molecular formula is C18H24N2O2. The molecule has 1 aliphatic rings. The number of carbonyl (C=O) groups excluding carboxylic acids is 2. The molecule has 1 aliphatic heterocycles. The Morgan fingerprint density at radius 3 is 2.55 bits per heavy atom. The van der Waals surface area contributed by atoms with Gasteiger partial charge in [-0.1, -0.05) is 26.0 Å². The summed E-state index contributed by atoms with van der Waals surface area (Å²) in [6, 6.07) is 7.75. The molecular weight excluding hydrogens is 276 g/mol. The number of hydrogen-bond acceptors (Lipinski definition) is 2. The number of anilines is 1. The molecule has 0 atom stereocenters. The van der Waals surface area contributed by atoms with Crippen LogP contribution in [-0.4, -0.2) is 36.9 Å². The van der Waals surface area contributed by atoms with Crippen LogP contribution in [0.4, 0.5) is 5.69 Å². The van der Waals surface area contributed by atoms with E-state index in [-0.39, 0.29) is 11.8 Å². The van der Waals surface area contributed by atoms with E-state index in [0.717, 1.165) is 30.8 Å². The van der Waals surface area contributed by atoms with Crippen LogP contribution >= 0.6 is 0 Å². The van der Waals surface area contributed by atoms with Gasteiger partial charge in [-0.15, -0.1) is 0 Å². The predicted molar refractivity (Wildman–Crippen MR) is 89.5 cm³/mol. The summed E-state index contributed by atoms with van der Waals surface area (Å²) in [6.07, 6.45) is 4.97. The summed E-state index contributed by atoms with van der Waals surface area (Å²) in [5, 5.41) is 0. The standard InChI is InChI=1S/C18H24N2O2/c1-14(2)13-19(3)17(21)11-8-15-6-9-16(10-7-15)20-12-4-5-18(20)22/h6-11,14H,4-5,12-13H2,1-3H3/b11-8+. The van der Waals surface area contributed by atoms with Gasteiger partial charge < -0.3 is 9.80 Å².